The first-order valence-electron chi connectivity index (χ1n) is 6.38. The summed E-state index contributed by atoms with van der Waals surface area (Å²) in [5.41, 5.74) is -0.874. The summed E-state index contributed by atoms with van der Waals surface area (Å²) in [4.78, 5) is 27.4. The summed E-state index contributed by atoms with van der Waals surface area (Å²) in [6.45, 7) is -0.173. The smallest absolute Gasteiger partial charge is 0.417 e. The molecule has 23 heavy (non-hydrogen) atoms. The lowest BCUT2D eigenvalue weighted by Crippen LogP contribution is -2.39. The molecule has 1 rings (SSSR count). The van der Waals surface area contributed by atoms with Gasteiger partial charge in [0.1, 0.15) is 6.54 Å². The molecule has 10 heteroatoms. The van der Waals surface area contributed by atoms with E-state index in [1.807, 2.05) is 0 Å². The van der Waals surface area contributed by atoms with Crippen LogP contribution >= 0.6 is 11.8 Å². The van der Waals surface area contributed by atoms with Crippen molar-refractivity contribution in [2.75, 3.05) is 32.6 Å². The Bertz CT molecular complexity index is 537. The summed E-state index contributed by atoms with van der Waals surface area (Å²) in [5, 5.41) is 9.01. The topological polar surface area (TPSA) is 79.7 Å². The first-order valence-corrected chi connectivity index (χ1v) is 7.37. The molecule has 0 saturated carbocycles. The molecule has 0 radical (unpaired) electrons. The minimum atomic E-state index is -4.47. The van der Waals surface area contributed by atoms with Crippen molar-refractivity contribution >= 4 is 23.6 Å². The highest BCUT2D eigenvalue weighted by Crippen LogP contribution is 2.29. The fourth-order valence-electron chi connectivity index (χ4n) is 1.52. The summed E-state index contributed by atoms with van der Waals surface area (Å²) in [6.07, 6.45) is -3.78. The van der Waals surface area contributed by atoms with Crippen LogP contribution in [0.5, 0.6) is 0 Å². The molecule has 0 bridgehead atoms. The number of carboxylic acids is 1. The number of carbonyl (C=O) groups is 2. The van der Waals surface area contributed by atoms with E-state index in [1.165, 1.54) is 7.11 Å². The number of carboxylic acid groups (broad SMARTS) is 1. The first-order chi connectivity index (χ1) is 10.7. The quantitative estimate of drug-likeness (QED) is 0.718. The van der Waals surface area contributed by atoms with Crippen LogP contribution in [0.15, 0.2) is 23.4 Å². The second-order valence-electron chi connectivity index (χ2n) is 4.37. The number of rotatable bonds is 8. The molecule has 128 valence electrons. The average molecular weight is 352 g/mol. The van der Waals surface area contributed by atoms with Gasteiger partial charge in [-0.2, -0.15) is 13.2 Å². The van der Waals surface area contributed by atoms with E-state index in [0.29, 0.717) is 6.20 Å². The van der Waals surface area contributed by atoms with Crippen molar-refractivity contribution in [3.63, 3.8) is 0 Å². The van der Waals surface area contributed by atoms with Crippen LogP contribution in [-0.4, -0.2) is 59.4 Å². The Kier molecular flexibility index (Phi) is 7.30. The van der Waals surface area contributed by atoms with Crippen LogP contribution in [0.1, 0.15) is 5.56 Å². The SMILES string of the molecule is COCCN(CC(=O)O)C(=O)CSc1ccc(C(F)(F)F)cn1. The average Bonchev–Trinajstić information content (AvgIpc) is 2.48. The number of carbonyl (C=O) groups excluding carboxylic acids is 1. The van der Waals surface area contributed by atoms with E-state index in [2.05, 4.69) is 4.98 Å². The molecular weight excluding hydrogens is 337 g/mol. The van der Waals surface area contributed by atoms with Crippen LogP contribution in [0.3, 0.4) is 0 Å². The maximum atomic E-state index is 12.4. The molecule has 0 aliphatic rings. The molecule has 0 spiro atoms. The third kappa shape index (κ3) is 6.87. The normalized spacial score (nSPS) is 11.3. The van der Waals surface area contributed by atoms with Gasteiger partial charge in [-0.25, -0.2) is 4.98 Å². The molecule has 1 aromatic heterocycles. The molecular formula is C13H15F3N2O4S. The summed E-state index contributed by atoms with van der Waals surface area (Å²) < 4.78 is 42.0. The number of ether oxygens (including phenoxy) is 1. The minimum absolute atomic E-state index is 0.114. The molecule has 1 aromatic rings. The Morgan fingerprint density at radius 2 is 2.09 bits per heavy atom. The van der Waals surface area contributed by atoms with E-state index in [9.17, 15) is 22.8 Å². The van der Waals surface area contributed by atoms with Crippen LogP contribution in [0.2, 0.25) is 0 Å². The number of amides is 1. The number of nitrogens with zero attached hydrogens (tertiary/aromatic N) is 2. The molecule has 6 nitrogen and oxygen atoms in total. The van der Waals surface area contributed by atoms with Crippen LogP contribution in [0, 0.1) is 0 Å². The van der Waals surface area contributed by atoms with Gasteiger partial charge in [-0.15, -0.1) is 0 Å². The zero-order valence-corrected chi connectivity index (χ0v) is 13.0. The zero-order chi connectivity index (χ0) is 17.5. The van der Waals surface area contributed by atoms with Crippen LogP contribution in [0.4, 0.5) is 13.2 Å². The lowest BCUT2D eigenvalue weighted by Gasteiger charge is -2.19. The van der Waals surface area contributed by atoms with Crippen molar-refractivity contribution in [2.24, 2.45) is 0 Å². The predicted molar refractivity (Wildman–Crippen MR) is 76.1 cm³/mol. The van der Waals surface area contributed by atoms with Crippen molar-refractivity contribution in [1.29, 1.82) is 0 Å². The van der Waals surface area contributed by atoms with Crippen LogP contribution in [0.25, 0.3) is 0 Å². The van der Waals surface area contributed by atoms with Crippen molar-refractivity contribution in [1.82, 2.24) is 9.88 Å². The molecule has 0 fully saturated rings. The summed E-state index contributed by atoms with van der Waals surface area (Å²) >= 11 is 0.933. The van der Waals surface area contributed by atoms with E-state index in [0.717, 1.165) is 28.8 Å². The summed E-state index contributed by atoms with van der Waals surface area (Å²) in [6, 6.07) is 2.04. The number of thioether (sulfide) groups is 1. The lowest BCUT2D eigenvalue weighted by atomic mass is 10.3. The maximum absolute atomic E-state index is 12.4. The second-order valence-corrected chi connectivity index (χ2v) is 5.37. The van der Waals surface area contributed by atoms with Gasteiger partial charge < -0.3 is 14.7 Å². The third-order valence-corrected chi connectivity index (χ3v) is 3.58. The first kappa shape index (κ1) is 19.2. The van der Waals surface area contributed by atoms with Gasteiger partial charge in [-0.1, -0.05) is 11.8 Å². The maximum Gasteiger partial charge on any atom is 0.417 e. The fourth-order valence-corrected chi connectivity index (χ4v) is 2.26. The fraction of sp³-hybridized carbons (Fsp3) is 0.462. The van der Waals surface area contributed by atoms with Gasteiger partial charge in [0.05, 0.1) is 22.9 Å². The number of alkyl halides is 3. The van der Waals surface area contributed by atoms with Gasteiger partial charge in [0, 0.05) is 19.9 Å². The highest BCUT2D eigenvalue weighted by atomic mass is 32.2. The summed E-state index contributed by atoms with van der Waals surface area (Å²) in [5.74, 6) is -1.75. The molecule has 0 aliphatic heterocycles. The largest absolute Gasteiger partial charge is 0.480 e. The van der Waals surface area contributed by atoms with E-state index in [4.69, 9.17) is 9.84 Å². The van der Waals surface area contributed by atoms with Gasteiger partial charge in [0.2, 0.25) is 5.91 Å². The standard InChI is InChI=1S/C13H15F3N2O4S/c1-22-5-4-18(7-12(20)21)11(19)8-23-10-3-2-9(6-17-10)13(14,15)16/h2-3,6H,4-5,7-8H2,1H3,(H,20,21). The monoisotopic (exact) mass is 352 g/mol. The van der Waals surface area contributed by atoms with E-state index in [-0.39, 0.29) is 23.9 Å². The van der Waals surface area contributed by atoms with Gasteiger partial charge >= 0.3 is 12.1 Å². The molecule has 1 N–H and O–H groups in total. The van der Waals surface area contributed by atoms with Gasteiger partial charge in [0.25, 0.3) is 0 Å². The zero-order valence-electron chi connectivity index (χ0n) is 12.2. The Labute approximate surface area is 134 Å². The highest BCUT2D eigenvalue weighted by Gasteiger charge is 2.30. The Hall–Kier alpha value is -1.81. The number of halogens is 3. The van der Waals surface area contributed by atoms with Crippen LogP contribution in [-0.2, 0) is 20.5 Å². The lowest BCUT2D eigenvalue weighted by molar-refractivity contribution is -0.143. The number of hydrogen-bond donors (Lipinski definition) is 1. The molecule has 1 amide bonds. The third-order valence-electron chi connectivity index (χ3n) is 2.65. The Balaban J connectivity index is 2.60. The van der Waals surface area contributed by atoms with Crippen molar-refractivity contribution in [3.05, 3.63) is 23.9 Å². The van der Waals surface area contributed by atoms with Gasteiger partial charge in [-0.3, -0.25) is 9.59 Å². The highest BCUT2D eigenvalue weighted by molar-refractivity contribution is 7.99. The molecule has 0 unspecified atom stereocenters. The van der Waals surface area contributed by atoms with Gasteiger partial charge in [0.15, 0.2) is 0 Å². The number of aromatic nitrogens is 1. The number of methoxy groups -OCH3 is 1. The number of pyridine rings is 1. The van der Waals surface area contributed by atoms with E-state index in [1.54, 1.807) is 0 Å². The van der Waals surface area contributed by atoms with E-state index >= 15 is 0 Å². The molecule has 0 atom stereocenters. The van der Waals surface area contributed by atoms with Gasteiger partial charge in [-0.05, 0) is 12.1 Å². The predicted octanol–water partition coefficient (Wildman–Crippen LogP) is 1.75. The van der Waals surface area contributed by atoms with E-state index < -0.39 is 30.2 Å². The minimum Gasteiger partial charge on any atom is -0.480 e. The second kappa shape index (κ2) is 8.73. The Morgan fingerprint density at radius 3 is 2.57 bits per heavy atom. The van der Waals surface area contributed by atoms with Crippen molar-refractivity contribution < 1.29 is 32.6 Å². The Morgan fingerprint density at radius 1 is 1.39 bits per heavy atom. The molecule has 1 heterocycles. The number of aliphatic carboxylic acids is 1. The summed E-state index contributed by atoms with van der Waals surface area (Å²) in [7, 11) is 1.42. The van der Waals surface area contributed by atoms with Crippen molar-refractivity contribution in [3.8, 4) is 0 Å². The molecule has 0 aliphatic carbocycles. The van der Waals surface area contributed by atoms with Crippen LogP contribution < -0.4 is 0 Å². The molecule has 0 saturated heterocycles. The number of hydrogen-bond acceptors (Lipinski definition) is 5. The molecule has 0 aromatic carbocycles. The van der Waals surface area contributed by atoms with Crippen molar-refractivity contribution in [2.45, 2.75) is 11.2 Å².